The average Bonchev–Trinajstić information content (AvgIpc) is 3.06. The van der Waals surface area contributed by atoms with Crippen LogP contribution in [0.4, 0.5) is 26.3 Å². The lowest BCUT2D eigenvalue weighted by Gasteiger charge is -2.25. The summed E-state index contributed by atoms with van der Waals surface area (Å²) in [6, 6.07) is 4.99. The highest BCUT2D eigenvalue weighted by Gasteiger charge is 2.33. The number of ether oxygens (including phenoxy) is 1. The molecular weight excluding hydrogens is 550 g/mol. The highest BCUT2D eigenvalue weighted by Crippen LogP contribution is 2.32. The van der Waals surface area contributed by atoms with E-state index in [1.165, 1.54) is 30.0 Å². The van der Waals surface area contributed by atoms with Crippen molar-refractivity contribution in [2.75, 3.05) is 6.54 Å². The van der Waals surface area contributed by atoms with Crippen molar-refractivity contribution in [2.45, 2.75) is 72.5 Å². The van der Waals surface area contributed by atoms with Crippen LogP contribution in [0.3, 0.4) is 0 Å². The molecule has 0 saturated carbocycles. The Hall–Kier alpha value is -3.76. The smallest absolute Gasteiger partial charge is 0.508 e. The molecule has 2 rings (SSSR count). The van der Waals surface area contributed by atoms with Gasteiger partial charge in [0.15, 0.2) is 0 Å². The third-order valence-corrected chi connectivity index (χ3v) is 6.34. The van der Waals surface area contributed by atoms with E-state index in [0.29, 0.717) is 36.1 Å². The van der Waals surface area contributed by atoms with E-state index in [9.17, 15) is 36.2 Å². The first-order chi connectivity index (χ1) is 19.0. The second-order valence-corrected chi connectivity index (χ2v) is 9.57. The zero-order valence-electron chi connectivity index (χ0n) is 23.4. The van der Waals surface area contributed by atoms with E-state index in [-0.39, 0.29) is 36.4 Å². The summed E-state index contributed by atoms with van der Waals surface area (Å²) in [7, 11) is 0. The molecule has 11 heteroatoms. The van der Waals surface area contributed by atoms with Gasteiger partial charge >= 0.3 is 12.5 Å². The van der Waals surface area contributed by atoms with Crippen LogP contribution in [0.15, 0.2) is 87.8 Å². The van der Waals surface area contributed by atoms with Gasteiger partial charge in [-0.3, -0.25) is 9.79 Å². The summed E-state index contributed by atoms with van der Waals surface area (Å²) < 4.78 is 81.5. The van der Waals surface area contributed by atoms with E-state index in [1.54, 1.807) is 6.92 Å². The van der Waals surface area contributed by atoms with Crippen molar-refractivity contribution in [1.82, 2.24) is 4.90 Å². The second kappa shape index (κ2) is 14.2. The van der Waals surface area contributed by atoms with Gasteiger partial charge in [-0.15, -0.1) is 13.2 Å². The minimum atomic E-state index is -4.86. The molecule has 0 aliphatic heterocycles. The quantitative estimate of drug-likeness (QED) is 0.123. The van der Waals surface area contributed by atoms with E-state index in [2.05, 4.69) is 16.3 Å². The zero-order chi connectivity index (χ0) is 31.0. The number of hydrogen-bond donors (Lipinski definition) is 1. The zero-order valence-corrected chi connectivity index (χ0v) is 23.4. The molecule has 1 N–H and O–H groups in total. The van der Waals surface area contributed by atoms with Crippen LogP contribution in [0.1, 0.15) is 58.9 Å². The molecule has 0 bridgehead atoms. The number of rotatable bonds is 11. The number of halogens is 6. The summed E-state index contributed by atoms with van der Waals surface area (Å²) >= 11 is 0. The van der Waals surface area contributed by atoms with Crippen LogP contribution in [0.5, 0.6) is 5.75 Å². The van der Waals surface area contributed by atoms with Gasteiger partial charge in [-0.25, -0.2) is 0 Å². The van der Waals surface area contributed by atoms with E-state index in [4.69, 9.17) is 0 Å². The number of amides is 1. The Labute approximate surface area is 235 Å². The van der Waals surface area contributed by atoms with Crippen LogP contribution < -0.4 is 4.74 Å². The van der Waals surface area contributed by atoms with Crippen molar-refractivity contribution in [3.05, 3.63) is 88.4 Å². The first kappa shape index (κ1) is 33.4. The van der Waals surface area contributed by atoms with Gasteiger partial charge in [0.25, 0.3) is 5.91 Å². The van der Waals surface area contributed by atoms with Crippen molar-refractivity contribution in [2.24, 2.45) is 4.99 Å². The molecule has 1 aliphatic carbocycles. The van der Waals surface area contributed by atoms with Crippen molar-refractivity contribution >= 4 is 11.6 Å². The number of alkyl halides is 6. The highest BCUT2D eigenvalue weighted by atomic mass is 19.4. The van der Waals surface area contributed by atoms with Gasteiger partial charge in [0.1, 0.15) is 11.5 Å². The number of allylic oxidation sites excluding steroid dienone is 6. The largest absolute Gasteiger partial charge is 0.573 e. The summed E-state index contributed by atoms with van der Waals surface area (Å²) in [6.45, 7) is 10.7. The first-order valence-electron chi connectivity index (χ1n) is 12.9. The predicted octanol–water partition coefficient (Wildman–Crippen LogP) is 8.68. The molecule has 1 amide bonds. The Balaban J connectivity index is 2.34. The standard InChI is InChI=1S/C30H34F6N2O3/c1-6-20(3)37-21(4)27(22(5)39)11-8-16-38(18-23-12-14-25(15-13-23)41-30(34,35)36)28(40)26-10-7-9-24(17-19(26)2)29(31,32)33/h9-10,12-15,17,39H,5-8,11,16,18H2,1-4H3/b27-21-,37-20?. The number of carbonyl (C=O) groups excluding carboxylic acids is 1. The topological polar surface area (TPSA) is 62.1 Å². The summed E-state index contributed by atoms with van der Waals surface area (Å²) in [4.78, 5) is 19.5. The second-order valence-electron chi connectivity index (χ2n) is 9.57. The maximum absolute atomic E-state index is 13.6. The number of benzene rings is 1. The summed E-state index contributed by atoms with van der Waals surface area (Å²) in [5.74, 6) is -1.12. The van der Waals surface area contributed by atoms with Crippen molar-refractivity contribution < 1.29 is 41.0 Å². The monoisotopic (exact) mass is 584 g/mol. The molecule has 0 saturated heterocycles. The molecule has 0 unspecified atom stereocenters. The fourth-order valence-corrected chi connectivity index (χ4v) is 4.14. The lowest BCUT2D eigenvalue weighted by atomic mass is 10.0. The van der Waals surface area contributed by atoms with Crippen LogP contribution in [0.2, 0.25) is 0 Å². The fourth-order valence-electron chi connectivity index (χ4n) is 4.14. The van der Waals surface area contributed by atoms with Crippen LogP contribution in [-0.4, -0.2) is 40.7 Å². The molecule has 5 nitrogen and oxygen atoms in total. The van der Waals surface area contributed by atoms with E-state index >= 15 is 0 Å². The number of carbonyl (C=O) groups is 1. The molecule has 0 fully saturated rings. The number of aliphatic hydroxyl groups is 1. The highest BCUT2D eigenvalue weighted by molar-refractivity contribution is 5.98. The maximum Gasteiger partial charge on any atom is 0.573 e. The van der Waals surface area contributed by atoms with Crippen molar-refractivity contribution in [3.63, 3.8) is 0 Å². The van der Waals surface area contributed by atoms with E-state index < -0.39 is 29.8 Å². The third-order valence-electron chi connectivity index (χ3n) is 6.34. The number of hydrogen-bond acceptors (Lipinski definition) is 4. The average molecular weight is 585 g/mol. The van der Waals surface area contributed by atoms with Crippen LogP contribution in [-0.2, 0) is 11.3 Å². The number of aliphatic imine (C=N–C) groups is 1. The van der Waals surface area contributed by atoms with Gasteiger partial charge in [0, 0.05) is 35.6 Å². The molecule has 0 heterocycles. The Kier molecular flexibility index (Phi) is 11.6. The lowest BCUT2D eigenvalue weighted by molar-refractivity contribution is -0.274. The maximum atomic E-state index is 13.6. The third kappa shape index (κ3) is 10.6. The van der Waals surface area contributed by atoms with Crippen LogP contribution in [0, 0.1) is 0 Å². The lowest BCUT2D eigenvalue weighted by Crippen LogP contribution is -2.33. The Morgan fingerprint density at radius 1 is 1.10 bits per heavy atom. The molecule has 0 radical (unpaired) electrons. The SMILES string of the molecule is C=C(O)/C(CCCN(Cc1ccc(OC(F)(F)F)cc1)C(=O)C1=CCC=C(C(F)(F)F)C=C1C)=C(/C)N=C(C)CC. The molecule has 1 aromatic carbocycles. The molecular formula is C30H34F6N2O3. The Bertz CT molecular complexity index is 1270. The molecule has 0 spiro atoms. The number of nitrogens with zero attached hydrogens (tertiary/aromatic N) is 2. The fraction of sp³-hybridized carbons (Fsp3) is 0.400. The van der Waals surface area contributed by atoms with Crippen LogP contribution >= 0.6 is 0 Å². The van der Waals surface area contributed by atoms with Crippen molar-refractivity contribution in [1.29, 1.82) is 0 Å². The van der Waals surface area contributed by atoms with Gasteiger partial charge in [-0.1, -0.05) is 37.8 Å². The normalized spacial score (nSPS) is 15.3. The first-order valence-corrected chi connectivity index (χ1v) is 12.9. The molecule has 0 atom stereocenters. The van der Waals surface area contributed by atoms with Gasteiger partial charge in [0.2, 0.25) is 0 Å². The van der Waals surface area contributed by atoms with Crippen molar-refractivity contribution in [3.8, 4) is 5.75 Å². The van der Waals surface area contributed by atoms with Gasteiger partial charge in [-0.05, 0) is 75.8 Å². The molecule has 224 valence electrons. The van der Waals surface area contributed by atoms with Gasteiger partial charge in [0.05, 0.1) is 5.57 Å². The molecule has 1 aromatic rings. The molecule has 0 aromatic heterocycles. The number of aliphatic hydroxyl groups excluding tert-OH is 1. The van der Waals surface area contributed by atoms with E-state index in [0.717, 1.165) is 30.0 Å². The van der Waals surface area contributed by atoms with E-state index in [1.807, 2.05) is 13.8 Å². The Morgan fingerprint density at radius 3 is 2.27 bits per heavy atom. The summed E-state index contributed by atoms with van der Waals surface area (Å²) in [6.07, 6.45) is -4.83. The molecule has 41 heavy (non-hydrogen) atoms. The van der Waals surface area contributed by atoms with Gasteiger partial charge < -0.3 is 14.7 Å². The summed E-state index contributed by atoms with van der Waals surface area (Å²) in [5, 5.41) is 10.1. The minimum Gasteiger partial charge on any atom is -0.508 e. The minimum absolute atomic E-state index is 0.0273. The molecule has 1 aliphatic rings. The van der Waals surface area contributed by atoms with Crippen LogP contribution in [0.25, 0.3) is 0 Å². The van der Waals surface area contributed by atoms with Gasteiger partial charge in [-0.2, -0.15) is 13.2 Å². The predicted molar refractivity (Wildman–Crippen MR) is 146 cm³/mol. The Morgan fingerprint density at radius 2 is 1.73 bits per heavy atom. The summed E-state index contributed by atoms with van der Waals surface area (Å²) in [5.41, 5.74) is 1.80.